The molecule has 23 heavy (non-hydrogen) atoms. The van der Waals surface area contributed by atoms with Gasteiger partial charge in [-0.3, -0.25) is 4.79 Å². The van der Waals surface area contributed by atoms with Gasteiger partial charge in [-0.05, 0) is 72.2 Å². The second-order valence-electron chi connectivity index (χ2n) is 6.96. The fourth-order valence-corrected chi connectivity index (χ4v) is 3.37. The normalized spacial score (nSPS) is 16.3. The van der Waals surface area contributed by atoms with Crippen LogP contribution < -0.4 is 5.32 Å². The molecule has 0 radical (unpaired) electrons. The number of anilines is 1. The second-order valence-corrected chi connectivity index (χ2v) is 6.96. The lowest BCUT2D eigenvalue weighted by molar-refractivity contribution is 0.102. The number of rotatable bonds is 2. The first-order valence-electron chi connectivity index (χ1n) is 8.19. The predicted molar refractivity (Wildman–Crippen MR) is 93.1 cm³/mol. The molecular formula is C20H23NO2. The maximum absolute atomic E-state index is 12.5. The van der Waals surface area contributed by atoms with Crippen LogP contribution in [0.3, 0.4) is 0 Å². The second kappa shape index (κ2) is 6.07. The molecule has 0 saturated heterocycles. The third-order valence-electron chi connectivity index (χ3n) is 4.72. The molecule has 0 heterocycles. The van der Waals surface area contributed by atoms with E-state index in [-0.39, 0.29) is 17.1 Å². The van der Waals surface area contributed by atoms with Crippen LogP contribution >= 0.6 is 0 Å². The lowest BCUT2D eigenvalue weighted by Gasteiger charge is -2.25. The van der Waals surface area contributed by atoms with Gasteiger partial charge in [0.1, 0.15) is 5.75 Å². The summed E-state index contributed by atoms with van der Waals surface area (Å²) in [6.07, 6.45) is 4.65. The summed E-state index contributed by atoms with van der Waals surface area (Å²) in [5, 5.41) is 12.2. The van der Waals surface area contributed by atoms with E-state index in [1.165, 1.54) is 30.4 Å². The van der Waals surface area contributed by atoms with Crippen LogP contribution in [0, 0.1) is 0 Å². The van der Waals surface area contributed by atoms with Crippen molar-refractivity contribution in [3.05, 3.63) is 59.2 Å². The maximum Gasteiger partial charge on any atom is 0.255 e. The van der Waals surface area contributed by atoms with Gasteiger partial charge in [0.05, 0.1) is 0 Å². The summed E-state index contributed by atoms with van der Waals surface area (Å²) in [4.78, 5) is 12.5. The standard InChI is InChI=1S/C20H23NO2/c1-20(2)12-4-3-5-14-13-15(6-11-18(14)20)19(23)21-16-7-9-17(22)10-8-16/h6-11,13,22H,3-5,12H2,1-2H3,(H,21,23). The molecule has 3 heteroatoms. The first-order chi connectivity index (χ1) is 11.0. The molecule has 1 aliphatic carbocycles. The molecule has 0 spiro atoms. The van der Waals surface area contributed by atoms with E-state index in [9.17, 15) is 9.90 Å². The molecule has 1 amide bonds. The number of phenolic OH excluding ortho intramolecular Hbond substituents is 1. The van der Waals surface area contributed by atoms with Crippen molar-refractivity contribution in [3.8, 4) is 5.75 Å². The van der Waals surface area contributed by atoms with Crippen LogP contribution in [-0.2, 0) is 11.8 Å². The van der Waals surface area contributed by atoms with Gasteiger partial charge in [0, 0.05) is 11.3 Å². The van der Waals surface area contributed by atoms with Crippen molar-refractivity contribution in [3.63, 3.8) is 0 Å². The number of hydrogen-bond acceptors (Lipinski definition) is 2. The van der Waals surface area contributed by atoms with E-state index in [0.29, 0.717) is 11.3 Å². The highest BCUT2D eigenvalue weighted by atomic mass is 16.3. The minimum atomic E-state index is -0.111. The van der Waals surface area contributed by atoms with Gasteiger partial charge in [-0.25, -0.2) is 0 Å². The largest absolute Gasteiger partial charge is 0.508 e. The number of aromatic hydroxyl groups is 1. The highest BCUT2D eigenvalue weighted by molar-refractivity contribution is 6.04. The molecule has 0 saturated carbocycles. The molecule has 2 aromatic rings. The molecule has 3 rings (SSSR count). The Hall–Kier alpha value is -2.29. The number of carbonyl (C=O) groups excluding carboxylic acids is 1. The predicted octanol–water partition coefficient (Wildman–Crippen LogP) is 4.65. The van der Waals surface area contributed by atoms with Crippen molar-refractivity contribution >= 4 is 11.6 Å². The average Bonchev–Trinajstić information content (AvgIpc) is 2.67. The number of phenols is 1. The highest BCUT2D eigenvalue weighted by Gasteiger charge is 2.26. The van der Waals surface area contributed by atoms with E-state index in [4.69, 9.17) is 0 Å². The number of carbonyl (C=O) groups is 1. The molecule has 3 nitrogen and oxygen atoms in total. The zero-order valence-corrected chi connectivity index (χ0v) is 13.7. The Morgan fingerprint density at radius 2 is 1.83 bits per heavy atom. The van der Waals surface area contributed by atoms with E-state index in [0.717, 1.165) is 6.42 Å². The van der Waals surface area contributed by atoms with Gasteiger partial charge in [-0.15, -0.1) is 0 Å². The van der Waals surface area contributed by atoms with Crippen molar-refractivity contribution in [2.24, 2.45) is 0 Å². The van der Waals surface area contributed by atoms with E-state index >= 15 is 0 Å². The van der Waals surface area contributed by atoms with Crippen molar-refractivity contribution in [2.75, 3.05) is 5.32 Å². The molecule has 0 aromatic heterocycles. The van der Waals surface area contributed by atoms with Crippen molar-refractivity contribution in [2.45, 2.75) is 44.9 Å². The number of amides is 1. The van der Waals surface area contributed by atoms with Crippen LogP contribution in [0.25, 0.3) is 0 Å². The number of aryl methyl sites for hydroxylation is 1. The monoisotopic (exact) mass is 309 g/mol. The number of benzene rings is 2. The van der Waals surface area contributed by atoms with Gasteiger partial charge >= 0.3 is 0 Å². The van der Waals surface area contributed by atoms with E-state index in [1.54, 1.807) is 24.3 Å². The van der Waals surface area contributed by atoms with Gasteiger partial charge in [-0.1, -0.05) is 26.3 Å². The third kappa shape index (κ3) is 3.39. The SMILES string of the molecule is CC1(C)CCCCc2cc(C(=O)Nc3ccc(O)cc3)ccc21. The Morgan fingerprint density at radius 3 is 2.57 bits per heavy atom. The lowest BCUT2D eigenvalue weighted by atomic mass is 9.79. The number of hydrogen-bond donors (Lipinski definition) is 2. The molecule has 2 N–H and O–H groups in total. The molecular weight excluding hydrogens is 286 g/mol. The molecule has 0 atom stereocenters. The third-order valence-corrected chi connectivity index (χ3v) is 4.72. The molecule has 120 valence electrons. The summed E-state index contributed by atoms with van der Waals surface area (Å²) in [5.74, 6) is 0.0794. The molecule has 0 bridgehead atoms. The smallest absolute Gasteiger partial charge is 0.255 e. The summed E-state index contributed by atoms with van der Waals surface area (Å²) in [5.41, 5.74) is 4.22. The minimum Gasteiger partial charge on any atom is -0.508 e. The van der Waals surface area contributed by atoms with Crippen LogP contribution in [0.4, 0.5) is 5.69 Å². The van der Waals surface area contributed by atoms with Gasteiger partial charge in [-0.2, -0.15) is 0 Å². The topological polar surface area (TPSA) is 49.3 Å². The Kier molecular flexibility index (Phi) is 4.12. The molecule has 0 unspecified atom stereocenters. The lowest BCUT2D eigenvalue weighted by Crippen LogP contribution is -2.18. The maximum atomic E-state index is 12.5. The van der Waals surface area contributed by atoms with E-state index < -0.39 is 0 Å². The Balaban J connectivity index is 1.85. The highest BCUT2D eigenvalue weighted by Crippen LogP contribution is 2.36. The molecule has 1 aliphatic rings. The first kappa shape index (κ1) is 15.6. The number of nitrogens with one attached hydrogen (secondary N) is 1. The van der Waals surface area contributed by atoms with Crippen LogP contribution in [0.2, 0.25) is 0 Å². The summed E-state index contributed by atoms with van der Waals surface area (Å²) in [6.45, 7) is 4.57. The summed E-state index contributed by atoms with van der Waals surface area (Å²) in [6, 6.07) is 12.6. The van der Waals surface area contributed by atoms with Gasteiger partial charge < -0.3 is 10.4 Å². The van der Waals surface area contributed by atoms with E-state index in [1.807, 2.05) is 12.1 Å². The Morgan fingerprint density at radius 1 is 1.09 bits per heavy atom. The average molecular weight is 309 g/mol. The Labute approximate surface area is 137 Å². The molecule has 0 aliphatic heterocycles. The van der Waals surface area contributed by atoms with Crippen molar-refractivity contribution < 1.29 is 9.90 Å². The summed E-state index contributed by atoms with van der Waals surface area (Å²) < 4.78 is 0. The van der Waals surface area contributed by atoms with E-state index in [2.05, 4.69) is 25.2 Å². The van der Waals surface area contributed by atoms with Gasteiger partial charge in [0.2, 0.25) is 0 Å². The fraction of sp³-hybridized carbons (Fsp3) is 0.350. The molecule has 2 aromatic carbocycles. The van der Waals surface area contributed by atoms with Crippen LogP contribution in [-0.4, -0.2) is 11.0 Å². The minimum absolute atomic E-state index is 0.111. The van der Waals surface area contributed by atoms with Gasteiger partial charge in [0.15, 0.2) is 0 Å². The molecule has 0 fully saturated rings. The first-order valence-corrected chi connectivity index (χ1v) is 8.19. The van der Waals surface area contributed by atoms with Crippen LogP contribution in [0.15, 0.2) is 42.5 Å². The fourth-order valence-electron chi connectivity index (χ4n) is 3.37. The number of fused-ring (bicyclic) bond motifs is 1. The van der Waals surface area contributed by atoms with Gasteiger partial charge in [0.25, 0.3) is 5.91 Å². The quantitative estimate of drug-likeness (QED) is 0.626. The van der Waals surface area contributed by atoms with Crippen molar-refractivity contribution in [1.82, 2.24) is 0 Å². The van der Waals surface area contributed by atoms with Crippen LogP contribution in [0.5, 0.6) is 5.75 Å². The zero-order chi connectivity index (χ0) is 16.4. The zero-order valence-electron chi connectivity index (χ0n) is 13.7. The van der Waals surface area contributed by atoms with Crippen LogP contribution in [0.1, 0.15) is 54.6 Å². The summed E-state index contributed by atoms with van der Waals surface area (Å²) in [7, 11) is 0. The summed E-state index contributed by atoms with van der Waals surface area (Å²) >= 11 is 0. The Bertz CT molecular complexity index is 717. The van der Waals surface area contributed by atoms with Crippen molar-refractivity contribution in [1.29, 1.82) is 0 Å².